The quantitative estimate of drug-likeness (QED) is 0.596. The molecule has 0 bridgehead atoms. The van der Waals surface area contributed by atoms with E-state index in [9.17, 15) is 4.79 Å². The lowest BCUT2D eigenvalue weighted by Crippen LogP contribution is -2.27. The Labute approximate surface area is 74.0 Å². The van der Waals surface area contributed by atoms with E-state index in [0.29, 0.717) is 0 Å². The maximum absolute atomic E-state index is 10.7. The van der Waals surface area contributed by atoms with Gasteiger partial charge in [0.25, 0.3) is 0 Å². The van der Waals surface area contributed by atoms with Gasteiger partial charge in [-0.3, -0.25) is 0 Å². The Hall–Kier alpha value is -0.570. The summed E-state index contributed by atoms with van der Waals surface area (Å²) in [6.07, 6.45) is 2.00. The Morgan fingerprint density at radius 3 is 2.42 bits per heavy atom. The topological polar surface area (TPSA) is 35.5 Å². The minimum Gasteiger partial charge on any atom is -0.467 e. The zero-order valence-corrected chi connectivity index (χ0v) is 8.35. The van der Waals surface area contributed by atoms with Crippen LogP contribution in [0.3, 0.4) is 0 Å². The van der Waals surface area contributed by atoms with E-state index < -0.39 is 0 Å². The monoisotopic (exact) mass is 174 g/mol. The number of methoxy groups -OCH3 is 1. The van der Waals surface area contributed by atoms with Gasteiger partial charge in [0.15, 0.2) is 0 Å². The van der Waals surface area contributed by atoms with E-state index in [4.69, 9.17) is 4.74 Å². The largest absolute Gasteiger partial charge is 0.467 e. The molecule has 0 aromatic heterocycles. The summed E-state index contributed by atoms with van der Waals surface area (Å²) in [5, 5.41) is 0. The molecule has 0 rings (SSSR count). The second-order valence-corrected chi connectivity index (χ2v) is 3.37. The van der Waals surface area contributed by atoms with Gasteiger partial charge in [0.1, 0.15) is 6.61 Å². The molecule has 0 aliphatic carbocycles. The first-order valence-corrected chi connectivity index (χ1v) is 4.22. The van der Waals surface area contributed by atoms with Crippen molar-refractivity contribution < 1.29 is 14.3 Å². The minimum atomic E-state index is -0.320. The molecule has 0 fully saturated rings. The number of hydrogen-bond donors (Lipinski definition) is 0. The van der Waals surface area contributed by atoms with E-state index in [0.717, 1.165) is 12.8 Å². The van der Waals surface area contributed by atoms with Crippen LogP contribution < -0.4 is 0 Å². The molecule has 0 atom stereocenters. The van der Waals surface area contributed by atoms with Gasteiger partial charge in [-0.2, -0.15) is 0 Å². The average molecular weight is 174 g/mol. The molecule has 3 nitrogen and oxygen atoms in total. The third-order valence-corrected chi connectivity index (χ3v) is 1.66. The first-order valence-electron chi connectivity index (χ1n) is 4.22. The first kappa shape index (κ1) is 11.4. The van der Waals surface area contributed by atoms with Crippen LogP contribution >= 0.6 is 0 Å². The molecular formula is C9H18O3. The molecule has 0 aromatic rings. The van der Waals surface area contributed by atoms with Gasteiger partial charge < -0.3 is 9.47 Å². The molecule has 0 amide bonds. The summed E-state index contributed by atoms with van der Waals surface area (Å²) < 4.78 is 9.81. The third kappa shape index (κ3) is 5.13. The highest BCUT2D eigenvalue weighted by atomic mass is 16.6. The predicted molar refractivity (Wildman–Crippen MR) is 47.0 cm³/mol. The van der Waals surface area contributed by atoms with Gasteiger partial charge in [-0.1, -0.05) is 13.3 Å². The molecule has 0 aromatic carbocycles. The Morgan fingerprint density at radius 2 is 2.00 bits per heavy atom. The molecule has 12 heavy (non-hydrogen) atoms. The number of carbonyl (C=O) groups is 1. The number of rotatable bonds is 5. The summed E-state index contributed by atoms with van der Waals surface area (Å²) >= 11 is 0. The van der Waals surface area contributed by atoms with Crippen LogP contribution in [0.2, 0.25) is 0 Å². The van der Waals surface area contributed by atoms with Gasteiger partial charge in [0, 0.05) is 0 Å². The zero-order valence-electron chi connectivity index (χ0n) is 8.35. The molecule has 0 N–H and O–H groups in total. The number of carbonyl (C=O) groups excluding carboxylic acids is 1. The molecule has 0 spiro atoms. The van der Waals surface area contributed by atoms with Crippen LogP contribution in [0.4, 0.5) is 0 Å². The van der Waals surface area contributed by atoms with Gasteiger partial charge in [0.2, 0.25) is 0 Å². The Bertz CT molecular complexity index is 141. The molecule has 0 aliphatic heterocycles. The van der Waals surface area contributed by atoms with Gasteiger partial charge in [-0.15, -0.1) is 0 Å². The van der Waals surface area contributed by atoms with Crippen molar-refractivity contribution in [3.8, 4) is 0 Å². The molecule has 0 unspecified atom stereocenters. The van der Waals surface area contributed by atoms with Crippen LogP contribution in [0.1, 0.15) is 33.6 Å². The predicted octanol–water partition coefficient (Wildman–Crippen LogP) is 1.75. The van der Waals surface area contributed by atoms with Crippen molar-refractivity contribution in [2.24, 2.45) is 0 Å². The fourth-order valence-corrected chi connectivity index (χ4v) is 0.987. The molecule has 0 saturated carbocycles. The fourth-order valence-electron chi connectivity index (χ4n) is 0.987. The number of hydrogen-bond acceptors (Lipinski definition) is 3. The summed E-state index contributed by atoms with van der Waals surface area (Å²) in [6.45, 7) is 6.08. The standard InChI is InChI=1S/C9H18O3/c1-5-6-9(2,3)12-7-8(10)11-4/h5-7H2,1-4H3. The normalized spacial score (nSPS) is 11.3. The Morgan fingerprint density at radius 1 is 1.42 bits per heavy atom. The third-order valence-electron chi connectivity index (χ3n) is 1.66. The first-order chi connectivity index (χ1) is 5.52. The highest BCUT2D eigenvalue weighted by Gasteiger charge is 2.18. The zero-order chi connectivity index (χ0) is 9.61. The van der Waals surface area contributed by atoms with Crippen molar-refractivity contribution in [1.29, 1.82) is 0 Å². The lowest BCUT2D eigenvalue weighted by molar-refractivity contribution is -0.152. The lowest BCUT2D eigenvalue weighted by Gasteiger charge is -2.23. The summed E-state index contributed by atoms with van der Waals surface area (Å²) in [7, 11) is 1.36. The van der Waals surface area contributed by atoms with Crippen molar-refractivity contribution >= 4 is 5.97 Å². The summed E-state index contributed by atoms with van der Waals surface area (Å²) in [4.78, 5) is 10.7. The van der Waals surface area contributed by atoms with Gasteiger partial charge in [-0.05, 0) is 20.3 Å². The van der Waals surface area contributed by atoms with E-state index in [-0.39, 0.29) is 18.2 Å². The minimum absolute atomic E-state index is 0.0451. The van der Waals surface area contributed by atoms with Crippen molar-refractivity contribution in [2.45, 2.75) is 39.2 Å². The van der Waals surface area contributed by atoms with Crippen LogP contribution in [-0.2, 0) is 14.3 Å². The van der Waals surface area contributed by atoms with Crippen LogP contribution in [0.25, 0.3) is 0 Å². The fraction of sp³-hybridized carbons (Fsp3) is 0.889. The van der Waals surface area contributed by atoms with E-state index in [1.807, 2.05) is 13.8 Å². The van der Waals surface area contributed by atoms with Crippen molar-refractivity contribution in [3.05, 3.63) is 0 Å². The van der Waals surface area contributed by atoms with Crippen LogP contribution in [-0.4, -0.2) is 25.3 Å². The van der Waals surface area contributed by atoms with Gasteiger partial charge in [0.05, 0.1) is 12.7 Å². The van der Waals surface area contributed by atoms with E-state index in [1.54, 1.807) is 0 Å². The highest BCUT2D eigenvalue weighted by Crippen LogP contribution is 2.15. The van der Waals surface area contributed by atoms with E-state index in [1.165, 1.54) is 7.11 Å². The maximum Gasteiger partial charge on any atom is 0.331 e. The van der Waals surface area contributed by atoms with E-state index >= 15 is 0 Å². The smallest absolute Gasteiger partial charge is 0.331 e. The molecule has 0 saturated heterocycles. The van der Waals surface area contributed by atoms with Crippen LogP contribution in [0, 0.1) is 0 Å². The van der Waals surface area contributed by atoms with Crippen molar-refractivity contribution in [3.63, 3.8) is 0 Å². The van der Waals surface area contributed by atoms with Crippen LogP contribution in [0.15, 0.2) is 0 Å². The Kier molecular flexibility index (Phi) is 4.90. The molecule has 3 heteroatoms. The molecule has 0 radical (unpaired) electrons. The second kappa shape index (κ2) is 5.14. The molecule has 0 aliphatic rings. The molecule has 0 heterocycles. The second-order valence-electron chi connectivity index (χ2n) is 3.37. The van der Waals surface area contributed by atoms with Crippen molar-refractivity contribution in [1.82, 2.24) is 0 Å². The lowest BCUT2D eigenvalue weighted by atomic mass is 10.0. The van der Waals surface area contributed by atoms with Crippen LogP contribution in [0.5, 0.6) is 0 Å². The average Bonchev–Trinajstić information content (AvgIpc) is 2.00. The maximum atomic E-state index is 10.7. The van der Waals surface area contributed by atoms with Crippen molar-refractivity contribution in [2.75, 3.05) is 13.7 Å². The summed E-state index contributed by atoms with van der Waals surface area (Å²) in [5.74, 6) is -0.320. The summed E-state index contributed by atoms with van der Waals surface area (Å²) in [5.41, 5.74) is -0.219. The Balaban J connectivity index is 3.67. The number of esters is 1. The molecular weight excluding hydrogens is 156 g/mol. The highest BCUT2D eigenvalue weighted by molar-refractivity contribution is 5.70. The number of ether oxygens (including phenoxy) is 2. The van der Waals surface area contributed by atoms with E-state index in [2.05, 4.69) is 11.7 Å². The van der Waals surface area contributed by atoms with Gasteiger partial charge in [-0.25, -0.2) is 4.79 Å². The summed E-state index contributed by atoms with van der Waals surface area (Å²) in [6, 6.07) is 0. The SMILES string of the molecule is CCCC(C)(C)OCC(=O)OC. The van der Waals surface area contributed by atoms with Gasteiger partial charge >= 0.3 is 5.97 Å². The molecule has 72 valence electrons.